The van der Waals surface area contributed by atoms with Crippen molar-refractivity contribution in [3.8, 4) is 0 Å². The zero-order valence-electron chi connectivity index (χ0n) is 15.4. The molecule has 1 fully saturated rings. The van der Waals surface area contributed by atoms with Crippen LogP contribution in [0.15, 0.2) is 16.6 Å². The van der Waals surface area contributed by atoms with Gasteiger partial charge in [0.05, 0.1) is 10.7 Å². The van der Waals surface area contributed by atoms with Crippen LogP contribution in [0.3, 0.4) is 0 Å². The molecule has 28 heavy (non-hydrogen) atoms. The van der Waals surface area contributed by atoms with Crippen LogP contribution in [-0.2, 0) is 17.5 Å². The van der Waals surface area contributed by atoms with E-state index in [0.717, 1.165) is 28.6 Å². The molecule has 11 heteroatoms. The number of hydrogen-bond acceptors (Lipinski definition) is 6. The minimum absolute atomic E-state index is 0.206. The van der Waals surface area contributed by atoms with Gasteiger partial charge in [0, 0.05) is 30.1 Å². The van der Waals surface area contributed by atoms with Gasteiger partial charge in [0.2, 0.25) is 5.91 Å². The van der Waals surface area contributed by atoms with Crippen molar-refractivity contribution >= 4 is 23.0 Å². The maximum Gasteiger partial charge on any atom is 0.435 e. The van der Waals surface area contributed by atoms with E-state index in [-0.39, 0.29) is 18.4 Å². The molecule has 1 saturated heterocycles. The first-order valence-electron chi connectivity index (χ1n) is 8.73. The van der Waals surface area contributed by atoms with Crippen molar-refractivity contribution in [1.29, 1.82) is 0 Å². The maximum absolute atomic E-state index is 12.8. The normalized spacial score (nSPS) is 16.6. The average molecular weight is 415 g/mol. The van der Waals surface area contributed by atoms with Crippen LogP contribution in [0.2, 0.25) is 0 Å². The summed E-state index contributed by atoms with van der Waals surface area (Å²) in [5, 5.41) is 18.3. The summed E-state index contributed by atoms with van der Waals surface area (Å²) in [6.45, 7) is 3.98. The Labute approximate surface area is 163 Å². The number of aryl methyl sites for hydroxylation is 1. The van der Waals surface area contributed by atoms with Gasteiger partial charge in [-0.05, 0) is 32.8 Å². The van der Waals surface area contributed by atoms with E-state index >= 15 is 0 Å². The highest BCUT2D eigenvalue weighted by Crippen LogP contribution is 2.31. The van der Waals surface area contributed by atoms with E-state index in [2.05, 4.69) is 15.2 Å². The molecule has 0 aliphatic carbocycles. The molecule has 1 amide bonds. The lowest BCUT2D eigenvalue weighted by Gasteiger charge is -2.31. The molecular formula is C17H20F3N5O2S. The number of nitrogens with zero attached hydrogens (tertiary/aromatic N) is 5. The van der Waals surface area contributed by atoms with Gasteiger partial charge in [-0.1, -0.05) is 5.16 Å². The van der Waals surface area contributed by atoms with E-state index in [4.69, 9.17) is 5.21 Å². The number of piperidine rings is 1. The topological polar surface area (TPSA) is 83.6 Å². The first kappa shape index (κ1) is 20.3. The number of halogens is 3. The van der Waals surface area contributed by atoms with Crippen molar-refractivity contribution in [1.82, 2.24) is 19.7 Å². The third-order valence-corrected chi connectivity index (χ3v) is 5.80. The molecule has 7 nitrogen and oxygen atoms in total. The first-order valence-corrected chi connectivity index (χ1v) is 9.61. The Hall–Kier alpha value is -2.43. The molecule has 2 aromatic heterocycles. The number of carbonyl (C=O) groups excluding carboxylic acids is 1. The molecule has 2 aromatic rings. The molecule has 1 aliphatic heterocycles. The first-order chi connectivity index (χ1) is 13.2. The second-order valence-corrected chi connectivity index (χ2v) is 7.63. The number of aromatic nitrogens is 3. The van der Waals surface area contributed by atoms with Crippen LogP contribution in [0.1, 0.15) is 47.8 Å². The van der Waals surface area contributed by atoms with Crippen LogP contribution in [0, 0.1) is 6.92 Å². The number of rotatable bonds is 4. The molecule has 0 aromatic carbocycles. The number of carbonyl (C=O) groups is 1. The van der Waals surface area contributed by atoms with Crippen LogP contribution >= 0.6 is 11.3 Å². The molecular weight excluding hydrogens is 395 g/mol. The summed E-state index contributed by atoms with van der Waals surface area (Å²) in [5.74, 6) is -0.0426. The predicted molar refractivity (Wildman–Crippen MR) is 96.6 cm³/mol. The van der Waals surface area contributed by atoms with Crippen LogP contribution in [0.25, 0.3) is 0 Å². The van der Waals surface area contributed by atoms with Crippen LogP contribution in [0.5, 0.6) is 0 Å². The number of thiazole rings is 1. The summed E-state index contributed by atoms with van der Waals surface area (Å²) in [4.78, 5) is 18.6. The smallest absolute Gasteiger partial charge is 0.411 e. The van der Waals surface area contributed by atoms with Crippen molar-refractivity contribution in [3.63, 3.8) is 0 Å². The number of oxime groups is 1. The van der Waals surface area contributed by atoms with Crippen molar-refractivity contribution in [2.45, 2.75) is 45.3 Å². The highest BCUT2D eigenvalue weighted by atomic mass is 32.1. The van der Waals surface area contributed by atoms with E-state index in [1.54, 1.807) is 11.8 Å². The largest absolute Gasteiger partial charge is 0.435 e. The maximum atomic E-state index is 12.8. The second-order valence-electron chi connectivity index (χ2n) is 6.74. The van der Waals surface area contributed by atoms with Gasteiger partial charge in [-0.25, -0.2) is 4.98 Å². The van der Waals surface area contributed by atoms with Gasteiger partial charge >= 0.3 is 6.18 Å². The molecule has 152 valence electrons. The summed E-state index contributed by atoms with van der Waals surface area (Å²) < 4.78 is 39.4. The molecule has 1 N–H and O–H groups in total. The fraction of sp³-hybridized carbons (Fsp3) is 0.529. The van der Waals surface area contributed by atoms with Crippen molar-refractivity contribution in [2.24, 2.45) is 5.16 Å². The predicted octanol–water partition coefficient (Wildman–Crippen LogP) is 3.27. The summed E-state index contributed by atoms with van der Waals surface area (Å²) in [6, 6.07) is 0.942. The van der Waals surface area contributed by atoms with E-state index in [1.807, 2.05) is 5.38 Å². The third-order valence-electron chi connectivity index (χ3n) is 4.80. The van der Waals surface area contributed by atoms with Gasteiger partial charge in [-0.15, -0.1) is 11.3 Å². The minimum Gasteiger partial charge on any atom is -0.411 e. The van der Waals surface area contributed by atoms with Gasteiger partial charge in [-0.2, -0.15) is 18.3 Å². The Kier molecular flexibility index (Phi) is 5.73. The molecule has 3 rings (SSSR count). The zero-order chi connectivity index (χ0) is 20.5. The Morgan fingerprint density at radius 3 is 2.64 bits per heavy atom. The Bertz CT molecular complexity index is 882. The van der Waals surface area contributed by atoms with Crippen molar-refractivity contribution < 1.29 is 23.2 Å². The molecule has 0 bridgehead atoms. The van der Waals surface area contributed by atoms with Gasteiger partial charge in [0.15, 0.2) is 5.69 Å². The lowest BCUT2D eigenvalue weighted by atomic mass is 9.97. The second kappa shape index (κ2) is 7.90. The fourth-order valence-electron chi connectivity index (χ4n) is 3.11. The van der Waals surface area contributed by atoms with Gasteiger partial charge in [-0.3, -0.25) is 9.48 Å². The van der Waals surface area contributed by atoms with Crippen molar-refractivity contribution in [2.75, 3.05) is 13.1 Å². The highest BCUT2D eigenvalue weighted by Gasteiger charge is 2.35. The molecule has 0 unspecified atom stereocenters. The standard InChI is InChI=1S/C17H20F3N5O2S/c1-10-7-14(17(18,19)20)22-25(10)8-15(26)24-5-3-12(4-6-24)16-21-13(9-28-16)11(2)23-27/h7,9,12,27H,3-6,8H2,1-2H3/b23-11+. The lowest BCUT2D eigenvalue weighted by molar-refractivity contribution is -0.142. The fourth-order valence-corrected chi connectivity index (χ4v) is 4.14. The number of hydrogen-bond donors (Lipinski definition) is 1. The Morgan fingerprint density at radius 1 is 1.39 bits per heavy atom. The molecule has 3 heterocycles. The zero-order valence-corrected chi connectivity index (χ0v) is 16.2. The van der Waals surface area contributed by atoms with E-state index < -0.39 is 11.9 Å². The van der Waals surface area contributed by atoms with Gasteiger partial charge in [0.25, 0.3) is 0 Å². The van der Waals surface area contributed by atoms with E-state index in [0.29, 0.717) is 30.2 Å². The number of alkyl halides is 3. The Morgan fingerprint density at radius 2 is 2.07 bits per heavy atom. The summed E-state index contributed by atoms with van der Waals surface area (Å²) >= 11 is 1.49. The monoisotopic (exact) mass is 415 g/mol. The lowest BCUT2D eigenvalue weighted by Crippen LogP contribution is -2.40. The van der Waals surface area contributed by atoms with Crippen LogP contribution in [-0.4, -0.2) is 49.6 Å². The van der Waals surface area contributed by atoms with Gasteiger partial charge in [0.1, 0.15) is 12.3 Å². The molecule has 0 radical (unpaired) electrons. The highest BCUT2D eigenvalue weighted by molar-refractivity contribution is 7.09. The Balaban J connectivity index is 1.58. The quantitative estimate of drug-likeness (QED) is 0.472. The van der Waals surface area contributed by atoms with Crippen LogP contribution < -0.4 is 0 Å². The number of amides is 1. The SMILES string of the molecule is C/C(=N\O)c1csc(C2CCN(C(=O)Cn3nc(C(F)(F)F)cc3C)CC2)n1. The van der Waals surface area contributed by atoms with Crippen molar-refractivity contribution in [3.05, 3.63) is 33.5 Å². The molecule has 0 saturated carbocycles. The molecule has 0 atom stereocenters. The third kappa shape index (κ3) is 4.34. The van der Waals surface area contributed by atoms with Crippen LogP contribution in [0.4, 0.5) is 13.2 Å². The minimum atomic E-state index is -4.52. The number of likely N-dealkylation sites (tertiary alicyclic amines) is 1. The van der Waals surface area contributed by atoms with E-state index in [1.165, 1.54) is 18.3 Å². The summed E-state index contributed by atoms with van der Waals surface area (Å²) in [5.41, 5.74) is 0.392. The van der Waals surface area contributed by atoms with Gasteiger partial charge < -0.3 is 10.1 Å². The molecule has 1 aliphatic rings. The summed E-state index contributed by atoms with van der Waals surface area (Å²) in [6.07, 6.45) is -3.08. The van der Waals surface area contributed by atoms with E-state index in [9.17, 15) is 18.0 Å². The summed E-state index contributed by atoms with van der Waals surface area (Å²) in [7, 11) is 0. The molecule has 0 spiro atoms. The average Bonchev–Trinajstić information content (AvgIpc) is 3.28.